The minimum atomic E-state index is -0.231. The molecule has 8 nitrogen and oxygen atoms in total. The number of amides is 1. The van der Waals surface area contributed by atoms with Gasteiger partial charge in [0.05, 0.1) is 6.04 Å². The van der Waals surface area contributed by atoms with E-state index in [4.69, 9.17) is 4.52 Å². The highest BCUT2D eigenvalue weighted by Gasteiger charge is 2.26. The number of hydrogen-bond acceptors (Lipinski definition) is 7. The third kappa shape index (κ3) is 3.65. The van der Waals surface area contributed by atoms with Crippen molar-refractivity contribution in [2.45, 2.75) is 19.9 Å². The van der Waals surface area contributed by atoms with E-state index in [0.29, 0.717) is 11.6 Å². The predicted octanol–water partition coefficient (Wildman–Crippen LogP) is 0.922. The van der Waals surface area contributed by atoms with Crippen LogP contribution in [-0.2, 0) is 4.79 Å². The van der Waals surface area contributed by atoms with E-state index in [-0.39, 0.29) is 11.9 Å². The second-order valence-electron chi connectivity index (χ2n) is 5.56. The van der Waals surface area contributed by atoms with Crippen LogP contribution in [0.25, 0.3) is 0 Å². The molecule has 0 spiro atoms. The summed E-state index contributed by atoms with van der Waals surface area (Å²) in [5, 5.41) is 6.56. The van der Waals surface area contributed by atoms with Gasteiger partial charge >= 0.3 is 0 Å². The normalized spacial score (nSPS) is 17.0. The summed E-state index contributed by atoms with van der Waals surface area (Å²) in [5.41, 5.74) is 0. The highest BCUT2D eigenvalue weighted by molar-refractivity contribution is 5.93. The molecule has 2 aromatic rings. The summed E-state index contributed by atoms with van der Waals surface area (Å²) >= 11 is 0. The molecule has 0 saturated carbocycles. The van der Waals surface area contributed by atoms with Gasteiger partial charge in [-0.25, -0.2) is 9.97 Å². The molecular formula is C15H20N6O2. The average molecular weight is 316 g/mol. The molecule has 1 aliphatic rings. The summed E-state index contributed by atoms with van der Waals surface area (Å²) in [7, 11) is 0. The Morgan fingerprint density at radius 3 is 2.57 bits per heavy atom. The Bertz CT molecular complexity index is 651. The molecule has 0 bridgehead atoms. The fourth-order valence-electron chi connectivity index (χ4n) is 2.59. The molecule has 0 radical (unpaired) electrons. The van der Waals surface area contributed by atoms with Crippen LogP contribution in [0.3, 0.4) is 0 Å². The van der Waals surface area contributed by atoms with Crippen molar-refractivity contribution >= 4 is 17.7 Å². The number of piperazine rings is 1. The minimum absolute atomic E-state index is 0.0808. The first-order valence-electron chi connectivity index (χ1n) is 7.63. The average Bonchev–Trinajstić information content (AvgIpc) is 3.00. The minimum Gasteiger partial charge on any atom is -0.360 e. The molecule has 1 fully saturated rings. The Kier molecular flexibility index (Phi) is 4.52. The van der Waals surface area contributed by atoms with E-state index in [9.17, 15) is 4.79 Å². The van der Waals surface area contributed by atoms with Crippen molar-refractivity contribution in [2.75, 3.05) is 36.4 Å². The Hall–Kier alpha value is -2.48. The zero-order valence-corrected chi connectivity index (χ0v) is 13.3. The van der Waals surface area contributed by atoms with Gasteiger partial charge in [-0.2, -0.15) is 0 Å². The number of carbonyl (C=O) groups excluding carboxylic acids is 1. The van der Waals surface area contributed by atoms with Crippen molar-refractivity contribution in [3.63, 3.8) is 0 Å². The number of anilines is 2. The predicted molar refractivity (Wildman–Crippen MR) is 85.1 cm³/mol. The highest BCUT2D eigenvalue weighted by atomic mass is 16.5. The third-order valence-corrected chi connectivity index (χ3v) is 3.96. The second-order valence-corrected chi connectivity index (χ2v) is 5.56. The lowest BCUT2D eigenvalue weighted by Crippen LogP contribution is -2.53. The fraction of sp³-hybridized carbons (Fsp3) is 0.467. The van der Waals surface area contributed by atoms with Crippen molar-refractivity contribution in [3.05, 3.63) is 30.3 Å². The van der Waals surface area contributed by atoms with Crippen LogP contribution in [0.5, 0.6) is 0 Å². The Labute approximate surface area is 134 Å². The van der Waals surface area contributed by atoms with Crippen LogP contribution in [0.15, 0.2) is 29.0 Å². The van der Waals surface area contributed by atoms with Gasteiger partial charge in [0.25, 0.3) is 0 Å². The smallest absolute Gasteiger partial charge is 0.242 e. The fourth-order valence-corrected chi connectivity index (χ4v) is 2.59. The van der Waals surface area contributed by atoms with Gasteiger partial charge in [0.1, 0.15) is 5.76 Å². The van der Waals surface area contributed by atoms with Crippen molar-refractivity contribution in [1.82, 2.24) is 20.0 Å². The van der Waals surface area contributed by atoms with E-state index in [1.807, 2.05) is 6.92 Å². The van der Waals surface area contributed by atoms with Crippen LogP contribution in [0.2, 0.25) is 0 Å². The largest absolute Gasteiger partial charge is 0.360 e. The molecule has 1 atom stereocenters. The Balaban J connectivity index is 1.53. The van der Waals surface area contributed by atoms with Crippen molar-refractivity contribution in [2.24, 2.45) is 0 Å². The first-order valence-corrected chi connectivity index (χ1v) is 7.63. The number of carbonyl (C=O) groups is 1. The molecule has 2 aromatic heterocycles. The molecule has 3 heterocycles. The van der Waals surface area contributed by atoms with Crippen molar-refractivity contribution < 1.29 is 9.32 Å². The third-order valence-electron chi connectivity index (χ3n) is 3.96. The topological polar surface area (TPSA) is 87.4 Å². The summed E-state index contributed by atoms with van der Waals surface area (Å²) in [5.74, 6) is 1.78. The lowest BCUT2D eigenvalue weighted by molar-refractivity contribution is -0.120. The van der Waals surface area contributed by atoms with E-state index in [1.54, 1.807) is 31.5 Å². The number of aromatic nitrogens is 3. The number of aryl methyl sites for hydroxylation is 1. The van der Waals surface area contributed by atoms with E-state index in [0.717, 1.165) is 32.1 Å². The van der Waals surface area contributed by atoms with Gasteiger partial charge in [-0.15, -0.1) is 0 Å². The van der Waals surface area contributed by atoms with E-state index in [1.165, 1.54) is 0 Å². The highest BCUT2D eigenvalue weighted by Crippen LogP contribution is 2.13. The van der Waals surface area contributed by atoms with E-state index >= 15 is 0 Å². The Morgan fingerprint density at radius 2 is 1.96 bits per heavy atom. The van der Waals surface area contributed by atoms with Gasteiger partial charge in [-0.1, -0.05) is 5.16 Å². The molecule has 0 aromatic carbocycles. The maximum Gasteiger partial charge on any atom is 0.242 e. The van der Waals surface area contributed by atoms with Gasteiger partial charge in [0, 0.05) is 44.6 Å². The second kappa shape index (κ2) is 6.74. The maximum atomic E-state index is 12.3. The quantitative estimate of drug-likeness (QED) is 0.897. The number of hydrogen-bond donors (Lipinski definition) is 1. The first-order chi connectivity index (χ1) is 11.1. The molecule has 1 amide bonds. The molecule has 23 heavy (non-hydrogen) atoms. The molecular weight excluding hydrogens is 296 g/mol. The molecule has 3 rings (SSSR count). The zero-order chi connectivity index (χ0) is 16.2. The summed E-state index contributed by atoms with van der Waals surface area (Å²) in [6, 6.07) is 3.28. The van der Waals surface area contributed by atoms with Crippen LogP contribution in [0, 0.1) is 6.92 Å². The monoisotopic (exact) mass is 316 g/mol. The summed E-state index contributed by atoms with van der Waals surface area (Å²) in [4.78, 5) is 25.1. The van der Waals surface area contributed by atoms with Gasteiger partial charge in [0.15, 0.2) is 5.82 Å². The zero-order valence-electron chi connectivity index (χ0n) is 13.3. The lowest BCUT2D eigenvalue weighted by Gasteiger charge is -2.37. The SMILES string of the molecule is Cc1cc(NC(=O)[C@H](C)N2CCN(c3ncccn3)CC2)no1. The van der Waals surface area contributed by atoms with Gasteiger partial charge in [-0.05, 0) is 19.9 Å². The number of nitrogens with zero attached hydrogens (tertiary/aromatic N) is 5. The molecule has 1 N–H and O–H groups in total. The number of rotatable bonds is 4. The van der Waals surface area contributed by atoms with Gasteiger partial charge in [0.2, 0.25) is 11.9 Å². The van der Waals surface area contributed by atoms with Crippen LogP contribution < -0.4 is 10.2 Å². The van der Waals surface area contributed by atoms with Gasteiger partial charge in [-0.3, -0.25) is 9.69 Å². The molecule has 0 aliphatic carbocycles. The van der Waals surface area contributed by atoms with E-state index < -0.39 is 0 Å². The molecule has 1 saturated heterocycles. The first kappa shape index (κ1) is 15.4. The van der Waals surface area contributed by atoms with Crippen LogP contribution >= 0.6 is 0 Å². The maximum absolute atomic E-state index is 12.3. The molecule has 1 aliphatic heterocycles. The van der Waals surface area contributed by atoms with Crippen molar-refractivity contribution in [1.29, 1.82) is 0 Å². The standard InChI is InChI=1S/C15H20N6O2/c1-11-10-13(19-23-11)18-14(22)12(2)20-6-8-21(9-7-20)15-16-4-3-5-17-15/h3-5,10,12H,6-9H2,1-2H3,(H,18,19,22)/t12-/m0/s1. The summed E-state index contributed by atoms with van der Waals surface area (Å²) < 4.78 is 4.95. The van der Waals surface area contributed by atoms with Crippen LogP contribution in [0.4, 0.5) is 11.8 Å². The molecule has 0 unspecified atom stereocenters. The van der Waals surface area contributed by atoms with E-state index in [2.05, 4.69) is 30.2 Å². The molecule has 8 heteroatoms. The number of nitrogens with one attached hydrogen (secondary N) is 1. The van der Waals surface area contributed by atoms with Gasteiger partial charge < -0.3 is 14.7 Å². The van der Waals surface area contributed by atoms with Crippen molar-refractivity contribution in [3.8, 4) is 0 Å². The van der Waals surface area contributed by atoms with Crippen LogP contribution in [0.1, 0.15) is 12.7 Å². The Morgan fingerprint density at radius 1 is 1.26 bits per heavy atom. The molecule has 122 valence electrons. The van der Waals surface area contributed by atoms with Crippen LogP contribution in [-0.4, -0.2) is 58.2 Å². The summed E-state index contributed by atoms with van der Waals surface area (Å²) in [6.45, 7) is 6.85. The lowest BCUT2D eigenvalue weighted by atomic mass is 10.2. The summed E-state index contributed by atoms with van der Waals surface area (Å²) in [6.07, 6.45) is 3.48.